The van der Waals surface area contributed by atoms with E-state index in [0.717, 1.165) is 11.4 Å². The second-order valence-electron chi connectivity index (χ2n) is 4.25. The van der Waals surface area contributed by atoms with Crippen molar-refractivity contribution in [3.05, 3.63) is 23.8 Å². The van der Waals surface area contributed by atoms with E-state index < -0.39 is 0 Å². The van der Waals surface area contributed by atoms with E-state index in [4.69, 9.17) is 5.73 Å². The standard InChI is InChI=1S/C11H19N3/c1-7(2)10(9(4)12)11-13-5-8(3)6-14-11/h5-7,9-10H,12H2,1-4H3. The topological polar surface area (TPSA) is 51.8 Å². The fourth-order valence-electron chi connectivity index (χ4n) is 1.72. The van der Waals surface area contributed by atoms with Gasteiger partial charge in [0, 0.05) is 24.4 Å². The highest BCUT2D eigenvalue weighted by Crippen LogP contribution is 2.23. The Bertz CT molecular complexity index is 269. The molecule has 3 nitrogen and oxygen atoms in total. The van der Waals surface area contributed by atoms with Crippen LogP contribution in [0.25, 0.3) is 0 Å². The van der Waals surface area contributed by atoms with Crippen molar-refractivity contribution in [1.29, 1.82) is 0 Å². The molecular formula is C11H19N3. The second kappa shape index (κ2) is 4.51. The molecular weight excluding hydrogens is 174 g/mol. The molecule has 0 bridgehead atoms. The molecule has 2 N–H and O–H groups in total. The van der Waals surface area contributed by atoms with Gasteiger partial charge in [0.15, 0.2) is 0 Å². The van der Waals surface area contributed by atoms with Crippen LogP contribution < -0.4 is 5.73 Å². The Kier molecular flexibility index (Phi) is 3.58. The van der Waals surface area contributed by atoms with Gasteiger partial charge in [-0.05, 0) is 25.3 Å². The van der Waals surface area contributed by atoms with Gasteiger partial charge >= 0.3 is 0 Å². The molecule has 78 valence electrons. The van der Waals surface area contributed by atoms with Crippen molar-refractivity contribution in [3.8, 4) is 0 Å². The highest BCUT2D eigenvalue weighted by Gasteiger charge is 2.22. The Balaban J connectivity index is 2.94. The molecule has 0 aliphatic rings. The summed E-state index contributed by atoms with van der Waals surface area (Å²) in [4.78, 5) is 8.66. The molecule has 14 heavy (non-hydrogen) atoms. The molecule has 0 spiro atoms. The van der Waals surface area contributed by atoms with Gasteiger partial charge in [-0.3, -0.25) is 0 Å². The Hall–Kier alpha value is -0.960. The zero-order chi connectivity index (χ0) is 10.7. The number of rotatable bonds is 3. The van der Waals surface area contributed by atoms with Crippen molar-refractivity contribution in [2.45, 2.75) is 39.7 Å². The average molecular weight is 193 g/mol. The Labute approximate surface area is 85.8 Å². The summed E-state index contributed by atoms with van der Waals surface area (Å²) in [5, 5.41) is 0. The number of hydrogen-bond acceptors (Lipinski definition) is 3. The summed E-state index contributed by atoms with van der Waals surface area (Å²) in [7, 11) is 0. The van der Waals surface area contributed by atoms with E-state index in [0.29, 0.717) is 5.92 Å². The summed E-state index contributed by atoms with van der Waals surface area (Å²) in [5.41, 5.74) is 7.01. The summed E-state index contributed by atoms with van der Waals surface area (Å²) in [6.45, 7) is 8.29. The van der Waals surface area contributed by atoms with Gasteiger partial charge in [0.25, 0.3) is 0 Å². The van der Waals surface area contributed by atoms with E-state index in [1.54, 1.807) is 0 Å². The lowest BCUT2D eigenvalue weighted by Crippen LogP contribution is -2.29. The lowest BCUT2D eigenvalue weighted by molar-refractivity contribution is 0.416. The molecule has 0 saturated carbocycles. The maximum Gasteiger partial charge on any atom is 0.133 e. The third-order valence-corrected chi connectivity index (χ3v) is 2.38. The number of nitrogens with zero attached hydrogens (tertiary/aromatic N) is 2. The molecule has 0 aliphatic carbocycles. The van der Waals surface area contributed by atoms with Crippen molar-refractivity contribution >= 4 is 0 Å². The largest absolute Gasteiger partial charge is 0.327 e. The quantitative estimate of drug-likeness (QED) is 0.797. The lowest BCUT2D eigenvalue weighted by Gasteiger charge is -2.22. The van der Waals surface area contributed by atoms with E-state index in [-0.39, 0.29) is 12.0 Å². The minimum absolute atomic E-state index is 0.0951. The average Bonchev–Trinajstić information content (AvgIpc) is 2.07. The molecule has 0 fully saturated rings. The molecule has 1 aromatic rings. The number of hydrogen-bond donors (Lipinski definition) is 1. The first-order valence-electron chi connectivity index (χ1n) is 5.06. The van der Waals surface area contributed by atoms with Gasteiger partial charge in [-0.1, -0.05) is 13.8 Å². The van der Waals surface area contributed by atoms with E-state index >= 15 is 0 Å². The Morgan fingerprint density at radius 3 is 2.00 bits per heavy atom. The maximum atomic E-state index is 5.93. The molecule has 1 aromatic heterocycles. The molecule has 2 atom stereocenters. The monoisotopic (exact) mass is 193 g/mol. The molecule has 1 rings (SSSR count). The van der Waals surface area contributed by atoms with Crippen molar-refractivity contribution < 1.29 is 0 Å². The lowest BCUT2D eigenvalue weighted by atomic mass is 9.89. The molecule has 1 heterocycles. The first-order chi connectivity index (χ1) is 6.52. The van der Waals surface area contributed by atoms with E-state index in [2.05, 4.69) is 23.8 Å². The minimum atomic E-state index is 0.0951. The van der Waals surface area contributed by atoms with Gasteiger partial charge in [-0.15, -0.1) is 0 Å². The summed E-state index contributed by atoms with van der Waals surface area (Å²) in [6.07, 6.45) is 3.69. The summed E-state index contributed by atoms with van der Waals surface area (Å²) < 4.78 is 0. The second-order valence-corrected chi connectivity index (χ2v) is 4.25. The van der Waals surface area contributed by atoms with Crippen LogP contribution in [0.5, 0.6) is 0 Å². The molecule has 3 heteroatoms. The van der Waals surface area contributed by atoms with Crippen molar-refractivity contribution in [1.82, 2.24) is 9.97 Å². The minimum Gasteiger partial charge on any atom is -0.327 e. The molecule has 0 amide bonds. The van der Waals surface area contributed by atoms with Crippen LogP contribution in [-0.4, -0.2) is 16.0 Å². The Morgan fingerprint density at radius 1 is 1.14 bits per heavy atom. The van der Waals surface area contributed by atoms with Gasteiger partial charge in [-0.2, -0.15) is 0 Å². The van der Waals surface area contributed by atoms with Crippen LogP contribution in [0.1, 0.15) is 38.1 Å². The van der Waals surface area contributed by atoms with Gasteiger partial charge < -0.3 is 5.73 Å². The summed E-state index contributed by atoms with van der Waals surface area (Å²) in [6, 6.07) is 0.0951. The first-order valence-corrected chi connectivity index (χ1v) is 5.06. The van der Waals surface area contributed by atoms with Gasteiger partial charge in [0.2, 0.25) is 0 Å². The molecule has 0 saturated heterocycles. The third kappa shape index (κ3) is 2.51. The fourth-order valence-corrected chi connectivity index (χ4v) is 1.72. The normalized spacial score (nSPS) is 15.6. The van der Waals surface area contributed by atoms with Crippen LogP contribution >= 0.6 is 0 Å². The molecule has 2 unspecified atom stereocenters. The predicted octanol–water partition coefficient (Wildman–Crippen LogP) is 1.87. The molecule has 0 radical (unpaired) electrons. The highest BCUT2D eigenvalue weighted by molar-refractivity contribution is 5.07. The number of aryl methyl sites for hydroxylation is 1. The third-order valence-electron chi connectivity index (χ3n) is 2.38. The van der Waals surface area contributed by atoms with E-state index in [1.807, 2.05) is 26.2 Å². The van der Waals surface area contributed by atoms with Crippen LogP contribution in [0.15, 0.2) is 12.4 Å². The maximum absolute atomic E-state index is 5.93. The van der Waals surface area contributed by atoms with Gasteiger partial charge in [-0.25, -0.2) is 9.97 Å². The number of aromatic nitrogens is 2. The predicted molar refractivity (Wildman–Crippen MR) is 58.0 cm³/mol. The number of nitrogens with two attached hydrogens (primary N) is 1. The molecule has 0 aromatic carbocycles. The van der Waals surface area contributed by atoms with Crippen LogP contribution in [-0.2, 0) is 0 Å². The van der Waals surface area contributed by atoms with Crippen LogP contribution in [0.4, 0.5) is 0 Å². The SMILES string of the molecule is Cc1cnc(C(C(C)C)C(C)N)nc1. The molecule has 0 aliphatic heterocycles. The van der Waals surface area contributed by atoms with Crippen molar-refractivity contribution in [2.24, 2.45) is 11.7 Å². The van der Waals surface area contributed by atoms with Crippen LogP contribution in [0.2, 0.25) is 0 Å². The highest BCUT2D eigenvalue weighted by atomic mass is 14.9. The Morgan fingerprint density at radius 2 is 1.64 bits per heavy atom. The van der Waals surface area contributed by atoms with E-state index in [9.17, 15) is 0 Å². The van der Waals surface area contributed by atoms with Gasteiger partial charge in [0.05, 0.1) is 0 Å². The van der Waals surface area contributed by atoms with Crippen molar-refractivity contribution in [3.63, 3.8) is 0 Å². The first kappa shape index (κ1) is 11.1. The smallest absolute Gasteiger partial charge is 0.133 e. The van der Waals surface area contributed by atoms with Crippen LogP contribution in [0.3, 0.4) is 0 Å². The zero-order valence-corrected chi connectivity index (χ0v) is 9.36. The van der Waals surface area contributed by atoms with Gasteiger partial charge in [0.1, 0.15) is 5.82 Å². The van der Waals surface area contributed by atoms with E-state index in [1.165, 1.54) is 0 Å². The van der Waals surface area contributed by atoms with Crippen molar-refractivity contribution in [2.75, 3.05) is 0 Å². The zero-order valence-electron chi connectivity index (χ0n) is 9.36. The van der Waals surface area contributed by atoms with Crippen LogP contribution in [0, 0.1) is 12.8 Å². The summed E-state index contributed by atoms with van der Waals surface area (Å²) >= 11 is 0. The summed E-state index contributed by atoms with van der Waals surface area (Å²) in [5.74, 6) is 1.58. The fraction of sp³-hybridized carbons (Fsp3) is 0.636.